The van der Waals surface area contributed by atoms with Gasteiger partial charge in [-0.3, -0.25) is 9.59 Å². The largest absolute Gasteiger partial charge is 0.465 e. The van der Waals surface area contributed by atoms with Crippen molar-refractivity contribution >= 4 is 17.6 Å². The van der Waals surface area contributed by atoms with Crippen LogP contribution in [-0.2, 0) is 20.7 Å². The zero-order valence-electron chi connectivity index (χ0n) is 13.8. The molecule has 0 unspecified atom stereocenters. The van der Waals surface area contributed by atoms with E-state index in [0.717, 1.165) is 11.1 Å². The number of esters is 1. The highest BCUT2D eigenvalue weighted by atomic mass is 19.1. The van der Waals surface area contributed by atoms with Crippen LogP contribution >= 0.6 is 0 Å². The summed E-state index contributed by atoms with van der Waals surface area (Å²) in [5, 5.41) is 0. The average Bonchev–Trinajstić information content (AvgIpc) is 2.56. The second-order valence-corrected chi connectivity index (χ2v) is 5.42. The van der Waals surface area contributed by atoms with Crippen LogP contribution in [0.1, 0.15) is 18.1 Å². The number of amides is 1. The minimum Gasteiger partial charge on any atom is -0.465 e. The molecular weight excluding hydrogens is 309 g/mol. The summed E-state index contributed by atoms with van der Waals surface area (Å²) in [6.07, 6.45) is 0.150. The third-order valence-electron chi connectivity index (χ3n) is 3.51. The van der Waals surface area contributed by atoms with E-state index in [1.54, 1.807) is 6.92 Å². The van der Waals surface area contributed by atoms with Crippen molar-refractivity contribution in [3.05, 3.63) is 65.5 Å². The molecule has 0 radical (unpaired) electrons. The Morgan fingerprint density at radius 2 is 1.67 bits per heavy atom. The first-order valence-electron chi connectivity index (χ1n) is 7.76. The molecule has 0 N–H and O–H groups in total. The molecular formula is C19H20FNO3. The van der Waals surface area contributed by atoms with Gasteiger partial charge in [0, 0.05) is 5.69 Å². The number of benzene rings is 2. The summed E-state index contributed by atoms with van der Waals surface area (Å²) in [5.74, 6) is -1.15. The van der Waals surface area contributed by atoms with E-state index in [1.165, 1.54) is 29.2 Å². The van der Waals surface area contributed by atoms with Gasteiger partial charge in [-0.15, -0.1) is 0 Å². The van der Waals surface area contributed by atoms with Gasteiger partial charge in [0.05, 0.1) is 13.0 Å². The predicted molar refractivity (Wildman–Crippen MR) is 90.3 cm³/mol. The molecule has 0 aliphatic rings. The quantitative estimate of drug-likeness (QED) is 0.764. The average molecular weight is 329 g/mol. The van der Waals surface area contributed by atoms with Crippen molar-refractivity contribution in [2.75, 3.05) is 18.1 Å². The molecule has 0 atom stereocenters. The number of carbonyl (C=O) groups is 2. The van der Waals surface area contributed by atoms with Crippen molar-refractivity contribution in [3.63, 3.8) is 0 Å². The number of ether oxygens (including phenoxy) is 1. The zero-order chi connectivity index (χ0) is 17.5. The van der Waals surface area contributed by atoms with E-state index < -0.39 is 11.8 Å². The molecule has 0 bridgehead atoms. The van der Waals surface area contributed by atoms with Crippen LogP contribution < -0.4 is 4.90 Å². The molecule has 0 heterocycles. The zero-order valence-corrected chi connectivity index (χ0v) is 13.8. The number of nitrogens with zero attached hydrogens (tertiary/aromatic N) is 1. The van der Waals surface area contributed by atoms with Gasteiger partial charge in [-0.05, 0) is 43.7 Å². The van der Waals surface area contributed by atoms with Crippen LogP contribution in [0.25, 0.3) is 0 Å². The summed E-state index contributed by atoms with van der Waals surface area (Å²) in [5.41, 5.74) is 2.41. The van der Waals surface area contributed by atoms with Crippen molar-refractivity contribution in [3.8, 4) is 0 Å². The highest BCUT2D eigenvalue weighted by Crippen LogP contribution is 2.17. The molecule has 5 heteroatoms. The second kappa shape index (κ2) is 8.24. The smallest absolute Gasteiger partial charge is 0.326 e. The van der Waals surface area contributed by atoms with Crippen LogP contribution in [0, 0.1) is 12.7 Å². The van der Waals surface area contributed by atoms with Crippen LogP contribution in [0.4, 0.5) is 10.1 Å². The van der Waals surface area contributed by atoms with Gasteiger partial charge in [0.2, 0.25) is 5.91 Å². The lowest BCUT2D eigenvalue weighted by atomic mass is 10.1. The standard InChI is InChI=1S/C19H20FNO3/c1-3-24-19(23)13-21(17-10-8-16(20)9-11-17)18(22)12-15-6-4-14(2)5-7-15/h4-11H,3,12-13H2,1-2H3. The Balaban J connectivity index is 2.20. The Kier molecular flexibility index (Phi) is 6.07. The lowest BCUT2D eigenvalue weighted by Gasteiger charge is -2.22. The summed E-state index contributed by atoms with van der Waals surface area (Å²) < 4.78 is 18.1. The van der Waals surface area contributed by atoms with Gasteiger partial charge in [-0.1, -0.05) is 29.8 Å². The van der Waals surface area contributed by atoms with Gasteiger partial charge < -0.3 is 9.64 Å². The van der Waals surface area contributed by atoms with Crippen molar-refractivity contribution < 1.29 is 18.7 Å². The number of anilines is 1. The summed E-state index contributed by atoms with van der Waals surface area (Å²) in [7, 11) is 0. The molecule has 126 valence electrons. The summed E-state index contributed by atoms with van der Waals surface area (Å²) in [6, 6.07) is 13.1. The lowest BCUT2D eigenvalue weighted by molar-refractivity contribution is -0.142. The Hall–Kier alpha value is -2.69. The highest BCUT2D eigenvalue weighted by molar-refractivity contribution is 5.98. The molecule has 0 aromatic heterocycles. The first kappa shape index (κ1) is 17.7. The third-order valence-corrected chi connectivity index (χ3v) is 3.51. The fourth-order valence-corrected chi connectivity index (χ4v) is 2.26. The number of aryl methyl sites for hydroxylation is 1. The molecule has 0 saturated carbocycles. The molecule has 24 heavy (non-hydrogen) atoms. The first-order chi connectivity index (χ1) is 11.5. The molecule has 0 saturated heterocycles. The van der Waals surface area contributed by atoms with Gasteiger partial charge in [0.25, 0.3) is 0 Å². The maximum atomic E-state index is 13.1. The minimum absolute atomic E-state index is 0.150. The van der Waals surface area contributed by atoms with E-state index in [0.29, 0.717) is 5.69 Å². The van der Waals surface area contributed by atoms with E-state index in [4.69, 9.17) is 4.74 Å². The Bertz CT molecular complexity index is 696. The predicted octanol–water partition coefficient (Wildman–Crippen LogP) is 3.27. The number of hydrogen-bond donors (Lipinski definition) is 0. The fraction of sp³-hybridized carbons (Fsp3) is 0.263. The number of halogens is 1. The molecule has 2 aromatic rings. The first-order valence-corrected chi connectivity index (χ1v) is 7.76. The number of carbonyl (C=O) groups excluding carboxylic acids is 2. The maximum Gasteiger partial charge on any atom is 0.326 e. The SMILES string of the molecule is CCOC(=O)CN(C(=O)Cc1ccc(C)cc1)c1ccc(F)cc1. The third kappa shape index (κ3) is 4.91. The van der Waals surface area contributed by atoms with Crippen LogP contribution in [0.2, 0.25) is 0 Å². The van der Waals surface area contributed by atoms with E-state index in [2.05, 4.69) is 0 Å². The number of rotatable bonds is 6. The summed E-state index contributed by atoms with van der Waals surface area (Å²) in [6.45, 7) is 3.71. The van der Waals surface area contributed by atoms with Crippen molar-refractivity contribution in [2.24, 2.45) is 0 Å². The fourth-order valence-electron chi connectivity index (χ4n) is 2.26. The molecule has 0 spiro atoms. The molecule has 0 aliphatic carbocycles. The Morgan fingerprint density at radius 3 is 2.25 bits per heavy atom. The lowest BCUT2D eigenvalue weighted by Crippen LogP contribution is -2.37. The van der Waals surface area contributed by atoms with Gasteiger partial charge in [0.1, 0.15) is 12.4 Å². The molecule has 0 aliphatic heterocycles. The van der Waals surface area contributed by atoms with Crippen molar-refractivity contribution in [1.82, 2.24) is 0 Å². The van der Waals surface area contributed by atoms with Crippen LogP contribution in [-0.4, -0.2) is 25.0 Å². The monoisotopic (exact) mass is 329 g/mol. The topological polar surface area (TPSA) is 46.6 Å². The van der Waals surface area contributed by atoms with Gasteiger partial charge in [-0.2, -0.15) is 0 Å². The van der Waals surface area contributed by atoms with Crippen molar-refractivity contribution in [2.45, 2.75) is 20.3 Å². The normalized spacial score (nSPS) is 10.3. The van der Waals surface area contributed by atoms with Crippen LogP contribution in [0.3, 0.4) is 0 Å². The molecule has 2 aromatic carbocycles. The van der Waals surface area contributed by atoms with E-state index in [1.807, 2.05) is 31.2 Å². The molecule has 4 nitrogen and oxygen atoms in total. The maximum absolute atomic E-state index is 13.1. The Labute approximate surface area is 140 Å². The van der Waals surface area contributed by atoms with Gasteiger partial charge >= 0.3 is 5.97 Å². The highest BCUT2D eigenvalue weighted by Gasteiger charge is 2.20. The van der Waals surface area contributed by atoms with Gasteiger partial charge in [0.15, 0.2) is 0 Å². The van der Waals surface area contributed by atoms with Crippen LogP contribution in [0.15, 0.2) is 48.5 Å². The van der Waals surface area contributed by atoms with Gasteiger partial charge in [-0.25, -0.2) is 4.39 Å². The molecule has 2 rings (SSSR count). The molecule has 1 amide bonds. The van der Waals surface area contributed by atoms with Crippen LogP contribution in [0.5, 0.6) is 0 Å². The summed E-state index contributed by atoms with van der Waals surface area (Å²) in [4.78, 5) is 25.8. The molecule has 0 fully saturated rings. The minimum atomic E-state index is -0.501. The van der Waals surface area contributed by atoms with E-state index >= 15 is 0 Å². The van der Waals surface area contributed by atoms with E-state index in [-0.39, 0.29) is 25.5 Å². The summed E-state index contributed by atoms with van der Waals surface area (Å²) >= 11 is 0. The number of hydrogen-bond acceptors (Lipinski definition) is 3. The Morgan fingerprint density at radius 1 is 1.04 bits per heavy atom. The van der Waals surface area contributed by atoms with Crippen molar-refractivity contribution in [1.29, 1.82) is 0 Å². The van der Waals surface area contributed by atoms with E-state index in [9.17, 15) is 14.0 Å². The second-order valence-electron chi connectivity index (χ2n) is 5.42.